The van der Waals surface area contributed by atoms with Crippen LogP contribution >= 0.6 is 22.6 Å². The van der Waals surface area contributed by atoms with Gasteiger partial charge in [-0.3, -0.25) is 9.69 Å². The molecule has 2 aromatic rings. The summed E-state index contributed by atoms with van der Waals surface area (Å²) in [6.45, 7) is 4.59. The van der Waals surface area contributed by atoms with Gasteiger partial charge in [0.15, 0.2) is 0 Å². The molecule has 0 atom stereocenters. The van der Waals surface area contributed by atoms with E-state index >= 15 is 0 Å². The highest BCUT2D eigenvalue weighted by molar-refractivity contribution is 14.1. The lowest BCUT2D eigenvalue weighted by Crippen LogP contribution is -2.35. The van der Waals surface area contributed by atoms with E-state index in [-0.39, 0.29) is 5.91 Å². The molecule has 2 aromatic carbocycles. The molecule has 0 radical (unpaired) electrons. The predicted octanol–water partition coefficient (Wildman–Crippen LogP) is 3.64. The van der Waals surface area contributed by atoms with Crippen LogP contribution in [0.3, 0.4) is 0 Å². The summed E-state index contributed by atoms with van der Waals surface area (Å²) in [7, 11) is 0. The third-order valence-electron chi connectivity index (χ3n) is 4.19. The number of rotatable bonds is 3. The van der Waals surface area contributed by atoms with Gasteiger partial charge in [-0.15, -0.1) is 0 Å². The summed E-state index contributed by atoms with van der Waals surface area (Å²) in [6.07, 6.45) is 1.03. The molecule has 120 valence electrons. The average molecular weight is 420 g/mol. The number of amides is 1. The molecule has 0 N–H and O–H groups in total. The Morgan fingerprint density at radius 1 is 0.957 bits per heavy atom. The Hall–Kier alpha value is -1.40. The van der Waals surface area contributed by atoms with Crippen molar-refractivity contribution >= 4 is 28.5 Å². The maximum absolute atomic E-state index is 12.6. The van der Waals surface area contributed by atoms with E-state index in [0.29, 0.717) is 0 Å². The summed E-state index contributed by atoms with van der Waals surface area (Å²) >= 11 is 2.35. The number of nitrogens with zero attached hydrogens (tertiary/aromatic N) is 2. The van der Waals surface area contributed by atoms with E-state index in [4.69, 9.17) is 0 Å². The molecule has 1 aliphatic rings. The SMILES string of the molecule is O=C(c1ccccc1)N1CCCN(Cc2cccc(I)c2)CC1. The summed E-state index contributed by atoms with van der Waals surface area (Å²) in [5, 5.41) is 0. The van der Waals surface area contributed by atoms with Crippen molar-refractivity contribution in [1.29, 1.82) is 0 Å². The van der Waals surface area contributed by atoms with Gasteiger partial charge >= 0.3 is 0 Å². The maximum Gasteiger partial charge on any atom is 0.253 e. The molecular weight excluding hydrogens is 399 g/mol. The Balaban J connectivity index is 1.60. The Morgan fingerprint density at radius 2 is 1.78 bits per heavy atom. The molecule has 0 unspecified atom stereocenters. The molecule has 1 heterocycles. The molecular formula is C19H21IN2O. The lowest BCUT2D eigenvalue weighted by Gasteiger charge is -2.22. The highest BCUT2D eigenvalue weighted by Gasteiger charge is 2.20. The quantitative estimate of drug-likeness (QED) is 0.709. The zero-order valence-electron chi connectivity index (χ0n) is 13.1. The van der Waals surface area contributed by atoms with Crippen LogP contribution in [0.1, 0.15) is 22.3 Å². The summed E-state index contributed by atoms with van der Waals surface area (Å²) in [5.74, 6) is 0.154. The van der Waals surface area contributed by atoms with Crippen LogP contribution in [0.4, 0.5) is 0 Å². The monoisotopic (exact) mass is 420 g/mol. The van der Waals surface area contributed by atoms with Crippen LogP contribution in [-0.4, -0.2) is 41.9 Å². The predicted molar refractivity (Wildman–Crippen MR) is 101 cm³/mol. The van der Waals surface area contributed by atoms with Gasteiger partial charge in [0.2, 0.25) is 0 Å². The first kappa shape index (κ1) is 16.5. The maximum atomic E-state index is 12.6. The number of hydrogen-bond acceptors (Lipinski definition) is 2. The third-order valence-corrected chi connectivity index (χ3v) is 4.86. The molecule has 1 aliphatic heterocycles. The van der Waals surface area contributed by atoms with Gasteiger partial charge in [0.25, 0.3) is 5.91 Å². The third kappa shape index (κ3) is 4.54. The summed E-state index contributed by atoms with van der Waals surface area (Å²) in [6, 6.07) is 18.2. The number of carbonyl (C=O) groups is 1. The summed E-state index contributed by atoms with van der Waals surface area (Å²) in [4.78, 5) is 17.0. The zero-order valence-corrected chi connectivity index (χ0v) is 15.3. The number of benzene rings is 2. The van der Waals surface area contributed by atoms with Crippen molar-refractivity contribution < 1.29 is 4.79 Å². The van der Waals surface area contributed by atoms with Crippen molar-refractivity contribution in [3.63, 3.8) is 0 Å². The van der Waals surface area contributed by atoms with Gasteiger partial charge in [-0.25, -0.2) is 0 Å². The summed E-state index contributed by atoms with van der Waals surface area (Å²) in [5.41, 5.74) is 2.14. The highest BCUT2D eigenvalue weighted by Crippen LogP contribution is 2.14. The molecule has 23 heavy (non-hydrogen) atoms. The molecule has 0 bridgehead atoms. The van der Waals surface area contributed by atoms with E-state index in [1.165, 1.54) is 9.13 Å². The first-order valence-electron chi connectivity index (χ1n) is 8.03. The number of carbonyl (C=O) groups excluding carboxylic acids is 1. The molecule has 1 fully saturated rings. The Morgan fingerprint density at radius 3 is 2.57 bits per heavy atom. The molecule has 0 spiro atoms. The van der Waals surface area contributed by atoms with Crippen LogP contribution in [0.25, 0.3) is 0 Å². The van der Waals surface area contributed by atoms with Crippen molar-refractivity contribution in [3.8, 4) is 0 Å². The van der Waals surface area contributed by atoms with Gasteiger partial charge in [-0.2, -0.15) is 0 Å². The van der Waals surface area contributed by atoms with E-state index in [2.05, 4.69) is 51.8 Å². The summed E-state index contributed by atoms with van der Waals surface area (Å²) < 4.78 is 1.27. The molecule has 0 aliphatic carbocycles. The van der Waals surface area contributed by atoms with E-state index in [1.807, 2.05) is 35.2 Å². The van der Waals surface area contributed by atoms with Crippen LogP contribution in [0, 0.1) is 3.57 Å². The van der Waals surface area contributed by atoms with Gasteiger partial charge in [0, 0.05) is 41.9 Å². The van der Waals surface area contributed by atoms with E-state index in [1.54, 1.807) is 0 Å². The van der Waals surface area contributed by atoms with Crippen LogP contribution in [0.5, 0.6) is 0 Å². The molecule has 0 aromatic heterocycles. The Kier molecular flexibility index (Phi) is 5.67. The molecule has 1 amide bonds. The van der Waals surface area contributed by atoms with Crippen molar-refractivity contribution in [2.24, 2.45) is 0 Å². The zero-order chi connectivity index (χ0) is 16.1. The van der Waals surface area contributed by atoms with Gasteiger partial charge in [0.05, 0.1) is 0 Å². The first-order chi connectivity index (χ1) is 11.2. The first-order valence-corrected chi connectivity index (χ1v) is 9.11. The van der Waals surface area contributed by atoms with Crippen LogP contribution < -0.4 is 0 Å². The second-order valence-electron chi connectivity index (χ2n) is 5.92. The van der Waals surface area contributed by atoms with Crippen molar-refractivity contribution in [3.05, 3.63) is 69.3 Å². The fraction of sp³-hybridized carbons (Fsp3) is 0.316. The van der Waals surface area contributed by atoms with Crippen LogP contribution in [0.2, 0.25) is 0 Å². The van der Waals surface area contributed by atoms with Crippen LogP contribution in [-0.2, 0) is 6.54 Å². The molecule has 1 saturated heterocycles. The fourth-order valence-electron chi connectivity index (χ4n) is 2.99. The van der Waals surface area contributed by atoms with E-state index < -0.39 is 0 Å². The molecule has 4 heteroatoms. The normalized spacial score (nSPS) is 16.1. The molecule has 3 nitrogen and oxygen atoms in total. The van der Waals surface area contributed by atoms with Crippen molar-refractivity contribution in [2.45, 2.75) is 13.0 Å². The number of halogens is 1. The fourth-order valence-corrected chi connectivity index (χ4v) is 3.60. The smallest absolute Gasteiger partial charge is 0.253 e. The highest BCUT2D eigenvalue weighted by atomic mass is 127. The molecule has 3 rings (SSSR count). The second kappa shape index (κ2) is 7.93. The largest absolute Gasteiger partial charge is 0.337 e. The lowest BCUT2D eigenvalue weighted by molar-refractivity contribution is 0.0761. The van der Waals surface area contributed by atoms with Gasteiger partial charge < -0.3 is 4.90 Å². The van der Waals surface area contributed by atoms with E-state index in [0.717, 1.165) is 44.7 Å². The second-order valence-corrected chi connectivity index (χ2v) is 7.16. The van der Waals surface area contributed by atoms with Crippen molar-refractivity contribution in [1.82, 2.24) is 9.80 Å². The minimum atomic E-state index is 0.154. The Bertz CT molecular complexity index is 659. The minimum Gasteiger partial charge on any atom is -0.337 e. The minimum absolute atomic E-state index is 0.154. The van der Waals surface area contributed by atoms with Gasteiger partial charge in [-0.1, -0.05) is 30.3 Å². The topological polar surface area (TPSA) is 23.6 Å². The Labute approximate surface area is 151 Å². The standard InChI is InChI=1S/C19H21IN2O/c20-18-9-4-6-16(14-18)15-21-10-5-11-22(13-12-21)19(23)17-7-2-1-3-8-17/h1-4,6-9,14H,5,10-13,15H2. The van der Waals surface area contributed by atoms with Crippen LogP contribution in [0.15, 0.2) is 54.6 Å². The van der Waals surface area contributed by atoms with Crippen molar-refractivity contribution in [2.75, 3.05) is 26.2 Å². The average Bonchev–Trinajstić information content (AvgIpc) is 2.81. The lowest BCUT2D eigenvalue weighted by atomic mass is 10.2. The van der Waals surface area contributed by atoms with Gasteiger partial charge in [0.1, 0.15) is 0 Å². The van der Waals surface area contributed by atoms with E-state index in [9.17, 15) is 4.79 Å². The molecule has 0 saturated carbocycles. The number of hydrogen-bond donors (Lipinski definition) is 0. The van der Waals surface area contributed by atoms with Gasteiger partial charge in [-0.05, 0) is 58.8 Å².